The summed E-state index contributed by atoms with van der Waals surface area (Å²) in [5.74, 6) is 1.20. The highest BCUT2D eigenvalue weighted by Crippen LogP contribution is 2.46. The van der Waals surface area contributed by atoms with E-state index in [1.165, 1.54) is 18.3 Å². The van der Waals surface area contributed by atoms with Crippen molar-refractivity contribution in [1.82, 2.24) is 4.58 Å². The first-order valence-electron chi connectivity index (χ1n) is 13.8. The molecule has 3 aromatic carbocycles. The lowest BCUT2D eigenvalue weighted by atomic mass is 9.83. The Morgan fingerprint density at radius 1 is 0.875 bits per heavy atom. The van der Waals surface area contributed by atoms with Crippen LogP contribution in [-0.2, 0) is 4.74 Å². The second kappa shape index (κ2) is 8.69. The number of methoxy groups -OCH3 is 1. The van der Waals surface area contributed by atoms with Crippen LogP contribution in [0.3, 0.4) is 0 Å². The first-order chi connectivity index (χ1) is 18.8. The molecule has 0 spiro atoms. The third-order valence-corrected chi connectivity index (χ3v) is 9.00. The molecule has 3 aliphatic heterocycles. The van der Waals surface area contributed by atoms with Gasteiger partial charge in [-0.1, -0.05) is 24.3 Å². The topological polar surface area (TPSA) is 41.8 Å². The van der Waals surface area contributed by atoms with Crippen LogP contribution < -0.4 is 24.8 Å². The quantitative estimate of drug-likeness (QED) is 0.242. The van der Waals surface area contributed by atoms with Gasteiger partial charge in [0.05, 0.1) is 24.3 Å². The second-order valence-corrected chi connectivity index (χ2v) is 12.3. The number of carbonyl (C=O) groups is 1. The van der Waals surface area contributed by atoms with Crippen molar-refractivity contribution in [2.24, 2.45) is 0 Å². The molecule has 3 heterocycles. The third kappa shape index (κ3) is 3.75. The van der Waals surface area contributed by atoms with Gasteiger partial charge in [0.1, 0.15) is 18.5 Å². The molecule has 0 aliphatic carbocycles. The van der Waals surface area contributed by atoms with Crippen LogP contribution in [0.15, 0.2) is 60.7 Å². The Morgan fingerprint density at radius 2 is 1.57 bits per heavy atom. The van der Waals surface area contributed by atoms with Gasteiger partial charge in [0, 0.05) is 60.1 Å². The maximum Gasteiger partial charge on any atom is 0.338 e. The fourth-order valence-corrected chi connectivity index (χ4v) is 6.46. The molecule has 0 aromatic heterocycles. The van der Waals surface area contributed by atoms with Gasteiger partial charge >= 0.3 is 5.97 Å². The molecule has 40 heavy (non-hydrogen) atoms. The van der Waals surface area contributed by atoms with Gasteiger partial charge in [0.2, 0.25) is 5.36 Å². The van der Waals surface area contributed by atoms with Crippen molar-refractivity contribution in [1.29, 1.82) is 0 Å². The molecule has 204 valence electrons. The molecule has 0 unspecified atom stereocenters. The van der Waals surface area contributed by atoms with E-state index < -0.39 is 0 Å². The number of likely N-dealkylation sites (N-methyl/N-ethyl adjacent to an activating group) is 2. The second-order valence-electron chi connectivity index (χ2n) is 12.3. The Kier molecular flexibility index (Phi) is 5.67. The Bertz CT molecular complexity index is 1820. The van der Waals surface area contributed by atoms with Gasteiger partial charge in [-0.25, -0.2) is 9.37 Å². The molecule has 6 rings (SSSR count). The van der Waals surface area contributed by atoms with E-state index >= 15 is 0 Å². The molecule has 3 aromatic rings. The molecule has 0 saturated heterocycles. The molecular formula is C35H37N2O3+. The zero-order valence-corrected chi connectivity index (χ0v) is 24.9. The maximum absolute atomic E-state index is 13.0. The monoisotopic (exact) mass is 533 g/mol. The number of esters is 1. The predicted molar refractivity (Wildman–Crippen MR) is 163 cm³/mol. The van der Waals surface area contributed by atoms with Crippen LogP contribution in [0.2, 0.25) is 0 Å². The van der Waals surface area contributed by atoms with Crippen molar-refractivity contribution >= 4 is 28.4 Å². The highest BCUT2D eigenvalue weighted by atomic mass is 16.5. The number of allylic oxidation sites excluding steroid dienone is 2. The predicted octanol–water partition coefficient (Wildman–Crippen LogP) is 5.77. The molecule has 3 aliphatic rings. The zero-order chi connectivity index (χ0) is 28.7. The number of ether oxygens (including phenoxy) is 2. The first kappa shape index (κ1) is 26.1. The Balaban J connectivity index is 1.76. The lowest BCUT2D eigenvalue weighted by Gasteiger charge is -2.41. The Hall–Kier alpha value is -4.12. The van der Waals surface area contributed by atoms with Gasteiger partial charge in [0.15, 0.2) is 5.54 Å². The minimum atomic E-state index is -0.358. The normalized spacial score (nSPS) is 18.0. The summed E-state index contributed by atoms with van der Waals surface area (Å²) < 4.78 is 14.3. The molecule has 0 saturated carbocycles. The van der Waals surface area contributed by atoms with Crippen LogP contribution in [0.1, 0.15) is 74.2 Å². The number of nitrogens with zero attached hydrogens (tertiary/aromatic N) is 2. The molecule has 0 N–H and O–H groups in total. The van der Waals surface area contributed by atoms with Gasteiger partial charge < -0.3 is 14.4 Å². The number of fused-ring (bicyclic) bond motifs is 4. The average Bonchev–Trinajstić information content (AvgIpc) is 2.91. The molecule has 0 amide bonds. The van der Waals surface area contributed by atoms with E-state index in [0.29, 0.717) is 5.56 Å². The molecule has 0 radical (unpaired) electrons. The van der Waals surface area contributed by atoms with E-state index in [-0.39, 0.29) is 17.0 Å². The molecular weight excluding hydrogens is 496 g/mol. The fourth-order valence-electron chi connectivity index (χ4n) is 6.46. The lowest BCUT2D eigenvalue weighted by molar-refractivity contribution is 0.0600. The van der Waals surface area contributed by atoms with E-state index in [1.807, 2.05) is 24.3 Å². The van der Waals surface area contributed by atoms with Crippen LogP contribution >= 0.6 is 0 Å². The molecule has 0 fully saturated rings. The first-order valence-corrected chi connectivity index (χ1v) is 13.8. The number of carbonyl (C=O) groups excluding carboxylic acids is 1. The van der Waals surface area contributed by atoms with Crippen molar-refractivity contribution in [2.45, 2.75) is 52.6 Å². The number of anilines is 1. The standard InChI is InChI=1S/C35H37N2O3/c1-20-18-34(3,4)36(7)28-16-30-26(14-24(20)28)32(22-12-10-11-13-23(22)33(38)39-9)27-15-25-21(2)19-35(5,6)37(8)29(25)17-31(27)40-30/h10-19H,1-9H3/q+1. The van der Waals surface area contributed by atoms with Gasteiger partial charge in [-0.15, -0.1) is 0 Å². The van der Waals surface area contributed by atoms with Crippen molar-refractivity contribution in [2.75, 3.05) is 26.1 Å². The Morgan fingerprint density at radius 3 is 2.30 bits per heavy atom. The highest BCUT2D eigenvalue weighted by molar-refractivity contribution is 6.00. The summed E-state index contributed by atoms with van der Waals surface area (Å²) in [6.07, 6.45) is 4.62. The van der Waals surface area contributed by atoms with Gasteiger partial charge in [-0.3, -0.25) is 0 Å². The van der Waals surface area contributed by atoms with Crippen molar-refractivity contribution in [3.05, 3.63) is 99.1 Å². The number of hydrogen-bond donors (Lipinski definition) is 0. The lowest BCUT2D eigenvalue weighted by Crippen LogP contribution is -2.47. The summed E-state index contributed by atoms with van der Waals surface area (Å²) in [5, 5.41) is 2.09. The molecule has 0 bridgehead atoms. The van der Waals surface area contributed by atoms with Gasteiger partial charge in [0.25, 0.3) is 0 Å². The summed E-state index contributed by atoms with van der Waals surface area (Å²) in [6.45, 7) is 13.2. The summed E-state index contributed by atoms with van der Waals surface area (Å²) in [4.78, 5) is 15.3. The molecule has 5 nitrogen and oxygen atoms in total. The van der Waals surface area contributed by atoms with Gasteiger partial charge in [-0.2, -0.15) is 0 Å². The van der Waals surface area contributed by atoms with Crippen molar-refractivity contribution in [3.63, 3.8) is 0 Å². The summed E-state index contributed by atoms with van der Waals surface area (Å²) >= 11 is 0. The van der Waals surface area contributed by atoms with E-state index in [4.69, 9.17) is 9.47 Å². The largest absolute Gasteiger partial charge is 0.465 e. The van der Waals surface area contributed by atoms with Crippen molar-refractivity contribution in [3.8, 4) is 11.5 Å². The maximum atomic E-state index is 13.0. The minimum absolute atomic E-state index is 0.126. The summed E-state index contributed by atoms with van der Waals surface area (Å²) in [5.41, 5.74) is 8.95. The van der Waals surface area contributed by atoms with Crippen molar-refractivity contribution < 1.29 is 14.3 Å². The Labute approximate surface area is 236 Å². The van der Waals surface area contributed by atoms with E-state index in [0.717, 1.165) is 55.6 Å². The molecule has 5 heteroatoms. The minimum Gasteiger partial charge on any atom is -0.465 e. The SMILES string of the molecule is COC(=O)c1ccccc1C1=c2cc3c(cc2Oc2cc4c(cc21)C(C)=CC(C)(C)N4C)=[N+](C)C(C)(C)C=C3C. The van der Waals surface area contributed by atoms with Crippen LogP contribution in [0, 0.1) is 0 Å². The van der Waals surface area contributed by atoms with E-state index in [1.54, 1.807) is 0 Å². The smallest absolute Gasteiger partial charge is 0.338 e. The zero-order valence-electron chi connectivity index (χ0n) is 24.9. The number of hydrogen-bond acceptors (Lipinski definition) is 4. The van der Waals surface area contributed by atoms with Crippen LogP contribution in [-0.4, -0.2) is 38.3 Å². The highest BCUT2D eigenvalue weighted by Gasteiger charge is 2.35. The summed E-state index contributed by atoms with van der Waals surface area (Å²) in [7, 11) is 5.69. The van der Waals surface area contributed by atoms with Crippen LogP contribution in [0.5, 0.6) is 11.5 Å². The molecule has 0 atom stereocenters. The fraction of sp³-hybridized carbons (Fsp3) is 0.314. The van der Waals surface area contributed by atoms with E-state index in [2.05, 4.69) is 102 Å². The van der Waals surface area contributed by atoms with Gasteiger partial charge in [-0.05, 0) is 68.7 Å². The summed E-state index contributed by atoms with van der Waals surface area (Å²) in [6, 6.07) is 16.5. The van der Waals surface area contributed by atoms with Crippen LogP contribution in [0.4, 0.5) is 5.69 Å². The average molecular weight is 534 g/mol. The third-order valence-electron chi connectivity index (χ3n) is 9.00. The van der Waals surface area contributed by atoms with Crippen LogP contribution in [0.25, 0.3) is 16.7 Å². The van der Waals surface area contributed by atoms with E-state index in [9.17, 15) is 4.79 Å². The number of benzene rings is 3. The number of rotatable bonds is 2.